The van der Waals surface area contributed by atoms with Crippen LogP contribution in [-0.4, -0.2) is 58.4 Å². The number of aliphatic carboxylic acids is 1. The van der Waals surface area contributed by atoms with E-state index in [0.29, 0.717) is 25.9 Å². The lowest BCUT2D eigenvalue weighted by Crippen LogP contribution is -2.39. The van der Waals surface area contributed by atoms with Gasteiger partial charge >= 0.3 is 5.97 Å². The molecule has 18 heavy (non-hydrogen) atoms. The molecule has 4 unspecified atom stereocenters. The van der Waals surface area contributed by atoms with Crippen molar-refractivity contribution in [2.24, 2.45) is 5.92 Å². The summed E-state index contributed by atoms with van der Waals surface area (Å²) in [6, 6.07) is 0. The van der Waals surface area contributed by atoms with E-state index in [4.69, 9.17) is 9.84 Å². The van der Waals surface area contributed by atoms with Crippen LogP contribution >= 0.6 is 0 Å². The van der Waals surface area contributed by atoms with Gasteiger partial charge in [0.1, 0.15) is 6.10 Å². The van der Waals surface area contributed by atoms with Gasteiger partial charge in [-0.1, -0.05) is 0 Å². The molecule has 0 spiro atoms. The third kappa shape index (κ3) is 2.64. The van der Waals surface area contributed by atoms with Crippen molar-refractivity contribution in [1.29, 1.82) is 0 Å². The lowest BCUT2D eigenvalue weighted by molar-refractivity contribution is -0.154. The SMILES string of the molecule is CC(O)C1CCN(C(=O)C2CCC(C(=O)O)O2)C1. The third-order valence-electron chi connectivity index (χ3n) is 3.79. The summed E-state index contributed by atoms with van der Waals surface area (Å²) in [6.07, 6.45) is -0.254. The van der Waals surface area contributed by atoms with Crippen LogP contribution < -0.4 is 0 Å². The summed E-state index contributed by atoms with van der Waals surface area (Å²) >= 11 is 0. The summed E-state index contributed by atoms with van der Waals surface area (Å²) in [7, 11) is 0. The van der Waals surface area contributed by atoms with Crippen LogP contribution in [0.2, 0.25) is 0 Å². The fraction of sp³-hybridized carbons (Fsp3) is 0.833. The number of carboxylic acids is 1. The zero-order valence-corrected chi connectivity index (χ0v) is 10.4. The average Bonchev–Trinajstić information content (AvgIpc) is 2.97. The summed E-state index contributed by atoms with van der Waals surface area (Å²) in [6.45, 7) is 2.88. The molecular weight excluding hydrogens is 238 g/mol. The van der Waals surface area contributed by atoms with Gasteiger partial charge in [-0.25, -0.2) is 4.79 Å². The first kappa shape index (κ1) is 13.3. The summed E-state index contributed by atoms with van der Waals surface area (Å²) in [5.74, 6) is -1.03. The molecule has 0 radical (unpaired) electrons. The Bertz CT molecular complexity index is 343. The van der Waals surface area contributed by atoms with Crippen LogP contribution in [0.4, 0.5) is 0 Å². The van der Waals surface area contributed by atoms with Gasteiger partial charge in [0, 0.05) is 19.0 Å². The lowest BCUT2D eigenvalue weighted by Gasteiger charge is -2.21. The minimum Gasteiger partial charge on any atom is -0.479 e. The van der Waals surface area contributed by atoms with Gasteiger partial charge in [0.05, 0.1) is 6.10 Å². The Labute approximate surface area is 106 Å². The zero-order chi connectivity index (χ0) is 13.3. The number of aliphatic hydroxyl groups is 1. The number of aliphatic hydroxyl groups excluding tert-OH is 1. The van der Waals surface area contributed by atoms with Gasteiger partial charge in [-0.3, -0.25) is 4.79 Å². The van der Waals surface area contributed by atoms with Crippen LogP contribution in [0, 0.1) is 5.92 Å². The highest BCUT2D eigenvalue weighted by Gasteiger charge is 2.39. The van der Waals surface area contributed by atoms with E-state index in [2.05, 4.69) is 0 Å². The van der Waals surface area contributed by atoms with Crippen LogP contribution in [0.1, 0.15) is 26.2 Å². The topological polar surface area (TPSA) is 87.1 Å². The van der Waals surface area contributed by atoms with Crippen molar-refractivity contribution >= 4 is 11.9 Å². The predicted molar refractivity (Wildman–Crippen MR) is 61.9 cm³/mol. The number of likely N-dealkylation sites (tertiary alicyclic amines) is 1. The van der Waals surface area contributed by atoms with Crippen LogP contribution in [-0.2, 0) is 14.3 Å². The van der Waals surface area contributed by atoms with Crippen molar-refractivity contribution in [3.63, 3.8) is 0 Å². The van der Waals surface area contributed by atoms with E-state index in [9.17, 15) is 14.7 Å². The summed E-state index contributed by atoms with van der Waals surface area (Å²) in [4.78, 5) is 24.5. The molecule has 0 aromatic carbocycles. The zero-order valence-electron chi connectivity index (χ0n) is 10.4. The summed E-state index contributed by atoms with van der Waals surface area (Å²) < 4.78 is 5.24. The maximum absolute atomic E-state index is 12.1. The average molecular weight is 257 g/mol. The van der Waals surface area contributed by atoms with Crippen molar-refractivity contribution in [2.75, 3.05) is 13.1 Å². The predicted octanol–water partition coefficient (Wildman–Crippen LogP) is -0.152. The van der Waals surface area contributed by atoms with Gasteiger partial charge in [0.15, 0.2) is 6.10 Å². The smallest absolute Gasteiger partial charge is 0.332 e. The minimum atomic E-state index is -1.01. The number of amides is 1. The van der Waals surface area contributed by atoms with Gasteiger partial charge in [-0.15, -0.1) is 0 Å². The molecule has 2 rings (SSSR count). The maximum atomic E-state index is 12.1. The molecule has 2 aliphatic heterocycles. The first-order valence-electron chi connectivity index (χ1n) is 6.34. The van der Waals surface area contributed by atoms with Crippen molar-refractivity contribution in [1.82, 2.24) is 4.90 Å². The molecule has 0 saturated carbocycles. The third-order valence-corrected chi connectivity index (χ3v) is 3.79. The molecule has 2 fully saturated rings. The highest BCUT2D eigenvalue weighted by atomic mass is 16.5. The molecule has 2 heterocycles. The summed E-state index contributed by atoms with van der Waals surface area (Å²) in [5.41, 5.74) is 0. The molecule has 0 aromatic heterocycles. The molecule has 6 nitrogen and oxygen atoms in total. The molecule has 0 aliphatic carbocycles. The molecule has 2 N–H and O–H groups in total. The van der Waals surface area contributed by atoms with Gasteiger partial charge in [-0.2, -0.15) is 0 Å². The number of carbonyl (C=O) groups excluding carboxylic acids is 1. The first-order chi connectivity index (χ1) is 8.49. The molecule has 1 amide bonds. The normalized spacial score (nSPS) is 33.7. The number of carboxylic acid groups (broad SMARTS) is 1. The molecule has 0 bridgehead atoms. The van der Waals surface area contributed by atoms with E-state index in [-0.39, 0.29) is 11.8 Å². The van der Waals surface area contributed by atoms with E-state index in [1.165, 1.54) is 0 Å². The molecular formula is C12H19NO5. The van der Waals surface area contributed by atoms with Crippen LogP contribution in [0.5, 0.6) is 0 Å². The van der Waals surface area contributed by atoms with Crippen molar-refractivity contribution in [3.8, 4) is 0 Å². The lowest BCUT2D eigenvalue weighted by atomic mass is 10.0. The number of carbonyl (C=O) groups is 2. The number of rotatable bonds is 3. The number of ether oxygens (including phenoxy) is 1. The fourth-order valence-corrected chi connectivity index (χ4v) is 2.59. The molecule has 2 saturated heterocycles. The molecule has 0 aromatic rings. The quantitative estimate of drug-likeness (QED) is 0.734. The van der Waals surface area contributed by atoms with Crippen LogP contribution in [0.3, 0.4) is 0 Å². The highest BCUT2D eigenvalue weighted by molar-refractivity contribution is 5.83. The van der Waals surface area contributed by atoms with E-state index >= 15 is 0 Å². The Morgan fingerprint density at radius 1 is 1.28 bits per heavy atom. The summed E-state index contributed by atoms with van der Waals surface area (Å²) in [5, 5.41) is 18.3. The Kier molecular flexibility index (Phi) is 3.87. The van der Waals surface area contributed by atoms with E-state index in [1.807, 2.05) is 0 Å². The van der Waals surface area contributed by atoms with Crippen LogP contribution in [0.25, 0.3) is 0 Å². The minimum absolute atomic E-state index is 0.116. The first-order valence-corrected chi connectivity index (χ1v) is 6.34. The van der Waals surface area contributed by atoms with E-state index in [0.717, 1.165) is 6.42 Å². The second-order valence-electron chi connectivity index (χ2n) is 5.10. The monoisotopic (exact) mass is 257 g/mol. The Morgan fingerprint density at radius 2 is 1.94 bits per heavy atom. The highest BCUT2D eigenvalue weighted by Crippen LogP contribution is 2.25. The van der Waals surface area contributed by atoms with E-state index < -0.39 is 24.3 Å². The molecule has 102 valence electrons. The largest absolute Gasteiger partial charge is 0.479 e. The van der Waals surface area contributed by atoms with Crippen molar-refractivity contribution in [3.05, 3.63) is 0 Å². The van der Waals surface area contributed by atoms with Gasteiger partial charge in [-0.05, 0) is 26.2 Å². The molecule has 6 heteroatoms. The number of hydrogen-bond donors (Lipinski definition) is 2. The van der Waals surface area contributed by atoms with E-state index in [1.54, 1.807) is 11.8 Å². The van der Waals surface area contributed by atoms with Gasteiger partial charge < -0.3 is 19.8 Å². The molecule has 4 atom stereocenters. The maximum Gasteiger partial charge on any atom is 0.332 e. The van der Waals surface area contributed by atoms with Gasteiger partial charge in [0.2, 0.25) is 0 Å². The van der Waals surface area contributed by atoms with Gasteiger partial charge in [0.25, 0.3) is 5.91 Å². The molecule has 2 aliphatic rings. The Hall–Kier alpha value is -1.14. The number of hydrogen-bond acceptors (Lipinski definition) is 4. The van der Waals surface area contributed by atoms with Crippen molar-refractivity contribution < 1.29 is 24.5 Å². The van der Waals surface area contributed by atoms with Crippen molar-refractivity contribution in [2.45, 2.75) is 44.5 Å². The second kappa shape index (κ2) is 5.24. The van der Waals surface area contributed by atoms with Crippen LogP contribution in [0.15, 0.2) is 0 Å². The number of nitrogens with zero attached hydrogens (tertiary/aromatic N) is 1. The fourth-order valence-electron chi connectivity index (χ4n) is 2.59. The second-order valence-corrected chi connectivity index (χ2v) is 5.10. The Balaban J connectivity index is 1.88. The standard InChI is InChI=1S/C12H19NO5/c1-7(14)8-4-5-13(6-8)11(15)9-2-3-10(18-9)12(16)17/h7-10,14H,2-6H2,1H3,(H,16,17). The Morgan fingerprint density at radius 3 is 2.44 bits per heavy atom.